The Bertz CT molecular complexity index is 1310. The minimum Gasteiger partial charge on any atom is -0.454 e. The van der Waals surface area contributed by atoms with Gasteiger partial charge in [0.1, 0.15) is 11.4 Å². The lowest BCUT2D eigenvalue weighted by molar-refractivity contribution is -0.169. The van der Waals surface area contributed by atoms with E-state index < -0.39 is 23.0 Å². The van der Waals surface area contributed by atoms with Crippen molar-refractivity contribution in [2.45, 2.75) is 31.1 Å². The van der Waals surface area contributed by atoms with Gasteiger partial charge in [-0.15, -0.1) is 0 Å². The molecular weight excluding hydrogens is 430 g/mol. The number of ketones is 1. The Morgan fingerprint density at radius 3 is 2.69 bits per heavy atom. The predicted molar refractivity (Wildman–Crippen MR) is 119 cm³/mol. The Kier molecular flexibility index (Phi) is 4.34. The number of aliphatic hydroxyl groups is 1. The zero-order chi connectivity index (χ0) is 22.8. The van der Waals surface area contributed by atoms with Crippen molar-refractivity contribution >= 4 is 29.0 Å². The van der Waals surface area contributed by atoms with Gasteiger partial charge >= 0.3 is 0 Å². The van der Waals surface area contributed by atoms with Crippen molar-refractivity contribution in [2.24, 2.45) is 0 Å². The topological polar surface area (TPSA) is 115 Å². The highest BCUT2D eigenvalue weighted by atomic mass is 35.5. The first kappa shape index (κ1) is 20.5. The molecule has 0 fully saturated rings. The number of halogens is 1. The molecule has 2 aliphatic rings. The Labute approximate surface area is 189 Å². The first-order valence-electron chi connectivity index (χ1n) is 10.1. The number of amides is 1. The average Bonchev–Trinajstić information content (AvgIpc) is 3.11. The number of nitrogens with zero attached hydrogens (tertiary/aromatic N) is 1. The van der Waals surface area contributed by atoms with Crippen LogP contribution in [-0.2, 0) is 11.3 Å². The van der Waals surface area contributed by atoms with Gasteiger partial charge in [-0.2, -0.15) is 0 Å². The van der Waals surface area contributed by atoms with E-state index in [2.05, 4.69) is 10.3 Å². The van der Waals surface area contributed by atoms with Crippen LogP contribution in [0.4, 0.5) is 5.69 Å². The SMILES string of the molecule is CC(C)c1ccc2c(c1)OC1(O)c3cccc(N)c3C(=O)C21NC(=O)c1ncccc1Cl. The number of nitrogens with two attached hydrogens (primary N) is 1. The summed E-state index contributed by atoms with van der Waals surface area (Å²) in [6.45, 7) is 4.04. The molecule has 2 aromatic carbocycles. The molecule has 0 saturated heterocycles. The molecule has 1 amide bonds. The minimum absolute atomic E-state index is 0.0742. The standard InChI is InChI=1S/C24H20ClN3O4/c1-12(2)13-8-9-14-18(11-13)32-24(31)15-5-3-7-17(26)19(15)21(29)23(14,24)28-22(30)20-16(25)6-4-10-27-20/h3-12,31H,26H2,1-2H3,(H,28,30). The van der Waals surface area contributed by atoms with Crippen LogP contribution < -0.4 is 15.8 Å². The number of Topliss-reactive ketones (excluding diaryl/α,β-unsaturated/α-hetero) is 1. The molecule has 32 heavy (non-hydrogen) atoms. The van der Waals surface area contributed by atoms with Gasteiger partial charge in [0.15, 0.2) is 0 Å². The largest absolute Gasteiger partial charge is 0.454 e. The van der Waals surface area contributed by atoms with E-state index in [-0.39, 0.29) is 33.4 Å². The Morgan fingerprint density at radius 1 is 1.19 bits per heavy atom. The Balaban J connectivity index is 1.75. The number of fused-ring (bicyclic) bond motifs is 5. The molecule has 162 valence electrons. The van der Waals surface area contributed by atoms with Crippen molar-refractivity contribution < 1.29 is 19.4 Å². The highest BCUT2D eigenvalue weighted by Crippen LogP contribution is 2.59. The zero-order valence-electron chi connectivity index (χ0n) is 17.3. The predicted octanol–water partition coefficient (Wildman–Crippen LogP) is 3.50. The van der Waals surface area contributed by atoms with Gasteiger partial charge < -0.3 is 20.9 Å². The van der Waals surface area contributed by atoms with E-state index in [0.717, 1.165) is 5.56 Å². The van der Waals surface area contributed by atoms with E-state index >= 15 is 0 Å². The van der Waals surface area contributed by atoms with Crippen molar-refractivity contribution in [2.75, 3.05) is 5.73 Å². The summed E-state index contributed by atoms with van der Waals surface area (Å²) >= 11 is 6.16. The summed E-state index contributed by atoms with van der Waals surface area (Å²) in [5.41, 5.74) is 5.86. The van der Waals surface area contributed by atoms with Crippen molar-refractivity contribution in [1.29, 1.82) is 0 Å². The van der Waals surface area contributed by atoms with E-state index in [1.807, 2.05) is 19.9 Å². The molecular formula is C24H20ClN3O4. The molecule has 2 heterocycles. The maximum absolute atomic E-state index is 13.9. The highest BCUT2D eigenvalue weighted by molar-refractivity contribution is 6.33. The first-order valence-corrected chi connectivity index (χ1v) is 10.5. The summed E-state index contributed by atoms with van der Waals surface area (Å²) < 4.78 is 6.04. The molecule has 0 radical (unpaired) electrons. The van der Waals surface area contributed by atoms with Gasteiger partial charge in [-0.25, -0.2) is 4.98 Å². The fraction of sp³-hybridized carbons (Fsp3) is 0.208. The third-order valence-corrected chi connectivity index (χ3v) is 6.45. The number of hydrogen-bond donors (Lipinski definition) is 3. The van der Waals surface area contributed by atoms with Crippen molar-refractivity contribution in [3.8, 4) is 5.75 Å². The van der Waals surface area contributed by atoms with Crippen LogP contribution in [-0.4, -0.2) is 21.8 Å². The molecule has 3 aromatic rings. The van der Waals surface area contributed by atoms with Crippen molar-refractivity contribution in [1.82, 2.24) is 10.3 Å². The van der Waals surface area contributed by atoms with Crippen LogP contribution in [0.3, 0.4) is 0 Å². The Morgan fingerprint density at radius 2 is 1.97 bits per heavy atom. The lowest BCUT2D eigenvalue weighted by atomic mass is 9.82. The monoisotopic (exact) mass is 449 g/mol. The Hall–Kier alpha value is -3.42. The quantitative estimate of drug-likeness (QED) is 0.527. The molecule has 2 atom stereocenters. The van der Waals surface area contributed by atoms with Gasteiger partial charge in [-0.1, -0.05) is 49.7 Å². The second-order valence-electron chi connectivity index (χ2n) is 8.29. The number of nitrogen functional groups attached to an aromatic ring is 1. The number of pyridine rings is 1. The molecule has 4 N–H and O–H groups in total. The van der Waals surface area contributed by atoms with Crippen LogP contribution in [0.15, 0.2) is 54.7 Å². The number of nitrogens with one attached hydrogen (secondary N) is 1. The summed E-state index contributed by atoms with van der Waals surface area (Å²) in [5.74, 6) is -2.98. The number of ether oxygens (including phenoxy) is 1. The molecule has 1 aliphatic carbocycles. The first-order chi connectivity index (χ1) is 15.2. The number of rotatable bonds is 3. The van der Waals surface area contributed by atoms with Gasteiger partial charge in [0, 0.05) is 23.0 Å². The zero-order valence-corrected chi connectivity index (χ0v) is 18.1. The molecule has 1 aliphatic heterocycles. The number of aromatic nitrogens is 1. The van der Waals surface area contributed by atoms with Gasteiger partial charge in [0.2, 0.25) is 11.3 Å². The lowest BCUT2D eigenvalue weighted by Gasteiger charge is -2.34. The summed E-state index contributed by atoms with van der Waals surface area (Å²) in [4.78, 5) is 31.2. The van der Waals surface area contributed by atoms with Crippen LogP contribution in [0.25, 0.3) is 0 Å². The maximum Gasteiger partial charge on any atom is 0.272 e. The maximum atomic E-state index is 13.9. The average molecular weight is 450 g/mol. The molecule has 7 nitrogen and oxygen atoms in total. The van der Waals surface area contributed by atoms with Crippen molar-refractivity contribution in [3.63, 3.8) is 0 Å². The van der Waals surface area contributed by atoms with Gasteiger partial charge in [-0.3, -0.25) is 9.59 Å². The lowest BCUT2D eigenvalue weighted by Crippen LogP contribution is -2.60. The molecule has 8 heteroatoms. The molecule has 0 bridgehead atoms. The van der Waals surface area contributed by atoms with E-state index in [0.29, 0.717) is 11.3 Å². The second kappa shape index (κ2) is 6.79. The summed E-state index contributed by atoms with van der Waals surface area (Å²) in [5, 5.41) is 14.7. The number of hydrogen-bond acceptors (Lipinski definition) is 6. The van der Waals surface area contributed by atoms with Crippen LogP contribution in [0, 0.1) is 0 Å². The third kappa shape index (κ3) is 2.49. The number of carbonyl (C=O) groups is 2. The molecule has 0 spiro atoms. The van der Waals surface area contributed by atoms with Crippen LogP contribution in [0.2, 0.25) is 5.02 Å². The molecule has 5 rings (SSSR count). The van der Waals surface area contributed by atoms with E-state index in [1.165, 1.54) is 12.3 Å². The van der Waals surface area contributed by atoms with Crippen molar-refractivity contribution in [3.05, 3.63) is 87.7 Å². The summed E-state index contributed by atoms with van der Waals surface area (Å²) in [6.07, 6.45) is 1.42. The highest BCUT2D eigenvalue weighted by Gasteiger charge is 2.72. The van der Waals surface area contributed by atoms with E-state index in [9.17, 15) is 14.7 Å². The fourth-order valence-electron chi connectivity index (χ4n) is 4.53. The van der Waals surface area contributed by atoms with Gasteiger partial charge in [-0.05, 0) is 35.7 Å². The molecule has 2 unspecified atom stereocenters. The fourth-order valence-corrected chi connectivity index (χ4v) is 4.74. The van der Waals surface area contributed by atoms with E-state index in [4.69, 9.17) is 22.1 Å². The molecule has 0 saturated carbocycles. The van der Waals surface area contributed by atoms with E-state index in [1.54, 1.807) is 36.4 Å². The third-order valence-electron chi connectivity index (χ3n) is 6.15. The summed E-state index contributed by atoms with van der Waals surface area (Å²) in [7, 11) is 0. The number of anilines is 1. The van der Waals surface area contributed by atoms with Crippen LogP contribution in [0.1, 0.15) is 57.3 Å². The minimum atomic E-state index is -2.19. The van der Waals surface area contributed by atoms with Gasteiger partial charge in [0.25, 0.3) is 11.7 Å². The van der Waals surface area contributed by atoms with Crippen LogP contribution >= 0.6 is 11.6 Å². The van der Waals surface area contributed by atoms with Gasteiger partial charge in [0.05, 0.1) is 10.6 Å². The van der Waals surface area contributed by atoms with Crippen LogP contribution in [0.5, 0.6) is 5.75 Å². The molecule has 1 aromatic heterocycles. The number of benzene rings is 2. The normalized spacial score (nSPS) is 22.8. The smallest absolute Gasteiger partial charge is 0.272 e. The summed E-state index contributed by atoms with van der Waals surface area (Å²) in [6, 6.07) is 13.2. The number of carbonyl (C=O) groups excluding carboxylic acids is 2. The second-order valence-corrected chi connectivity index (χ2v) is 8.70.